The van der Waals surface area contributed by atoms with Crippen molar-refractivity contribution in [1.82, 2.24) is 25.9 Å². The van der Waals surface area contributed by atoms with Crippen molar-refractivity contribution in [3.8, 4) is 0 Å². The van der Waals surface area contributed by atoms with Crippen LogP contribution >= 0.6 is 0 Å². The van der Waals surface area contributed by atoms with E-state index in [1.807, 2.05) is 13.8 Å². The molecule has 0 bridgehead atoms. The fourth-order valence-electron chi connectivity index (χ4n) is 1.45. The van der Waals surface area contributed by atoms with E-state index < -0.39 is 17.3 Å². The van der Waals surface area contributed by atoms with Crippen LogP contribution in [-0.4, -0.2) is 26.5 Å². The second-order valence-corrected chi connectivity index (χ2v) is 3.38. The van der Waals surface area contributed by atoms with Gasteiger partial charge in [0.15, 0.2) is 11.7 Å². The fourth-order valence-corrected chi connectivity index (χ4v) is 1.45. The number of H-pyrrole nitrogens is 1. The first-order chi connectivity index (χ1) is 7.55. The Morgan fingerprint density at radius 2 is 2.19 bits per heavy atom. The minimum Gasteiger partial charge on any atom is -0.337 e. The standard InChI is InChI=1S/C9H14FN5O/c1-4-9(5-2,8-12-14-15-13-8)11-7(16)6(3)10/h3-5H2,1-2H3,(H,11,16)(H,12,13,14,15). The van der Waals surface area contributed by atoms with Crippen molar-refractivity contribution in [2.75, 3.05) is 0 Å². The summed E-state index contributed by atoms with van der Waals surface area (Å²) in [7, 11) is 0. The molecule has 0 aliphatic carbocycles. The Balaban J connectivity index is 2.98. The van der Waals surface area contributed by atoms with Gasteiger partial charge in [-0.1, -0.05) is 25.6 Å². The maximum Gasteiger partial charge on any atom is 0.280 e. The molecule has 0 aliphatic heterocycles. The highest BCUT2D eigenvalue weighted by molar-refractivity contribution is 5.91. The van der Waals surface area contributed by atoms with Crippen LogP contribution in [0, 0.1) is 0 Å². The van der Waals surface area contributed by atoms with Gasteiger partial charge in [0.2, 0.25) is 0 Å². The number of halogens is 1. The average molecular weight is 227 g/mol. The largest absolute Gasteiger partial charge is 0.337 e. The van der Waals surface area contributed by atoms with E-state index in [1.54, 1.807) is 0 Å². The van der Waals surface area contributed by atoms with Crippen LogP contribution < -0.4 is 5.32 Å². The number of aromatic nitrogens is 4. The summed E-state index contributed by atoms with van der Waals surface area (Å²) in [6, 6.07) is 0. The van der Waals surface area contributed by atoms with E-state index in [4.69, 9.17) is 0 Å². The van der Waals surface area contributed by atoms with Crippen LogP contribution in [0.15, 0.2) is 12.4 Å². The predicted octanol–water partition coefficient (Wildman–Crippen LogP) is 0.814. The molecule has 1 amide bonds. The van der Waals surface area contributed by atoms with Gasteiger partial charge in [-0.25, -0.2) is 4.39 Å². The van der Waals surface area contributed by atoms with Crippen LogP contribution in [-0.2, 0) is 10.3 Å². The molecule has 0 radical (unpaired) electrons. The molecule has 0 spiro atoms. The summed E-state index contributed by atoms with van der Waals surface area (Å²) in [5, 5.41) is 15.9. The zero-order valence-corrected chi connectivity index (χ0v) is 9.25. The highest BCUT2D eigenvalue weighted by Gasteiger charge is 2.35. The van der Waals surface area contributed by atoms with Gasteiger partial charge in [-0.05, 0) is 12.8 Å². The van der Waals surface area contributed by atoms with E-state index in [2.05, 4.69) is 32.5 Å². The molecule has 1 aromatic heterocycles. The lowest BCUT2D eigenvalue weighted by Crippen LogP contribution is -2.46. The number of amides is 1. The molecule has 1 aromatic rings. The summed E-state index contributed by atoms with van der Waals surface area (Å²) in [4.78, 5) is 11.3. The van der Waals surface area contributed by atoms with Gasteiger partial charge in [0.05, 0.1) is 0 Å². The minimum atomic E-state index is -1.03. The third kappa shape index (κ3) is 2.23. The molecule has 0 unspecified atom stereocenters. The number of tetrazole rings is 1. The minimum absolute atomic E-state index is 0.340. The van der Waals surface area contributed by atoms with Crippen molar-refractivity contribution in [3.63, 3.8) is 0 Å². The number of aromatic amines is 1. The van der Waals surface area contributed by atoms with Gasteiger partial charge in [-0.15, -0.1) is 10.2 Å². The molecule has 0 saturated carbocycles. The number of hydrogen-bond acceptors (Lipinski definition) is 4. The van der Waals surface area contributed by atoms with Gasteiger partial charge in [-0.2, -0.15) is 5.21 Å². The average Bonchev–Trinajstić information content (AvgIpc) is 2.79. The molecule has 1 rings (SSSR count). The maximum atomic E-state index is 12.7. The Morgan fingerprint density at radius 1 is 1.56 bits per heavy atom. The van der Waals surface area contributed by atoms with E-state index in [1.165, 1.54) is 0 Å². The number of nitrogens with zero attached hydrogens (tertiary/aromatic N) is 3. The molecule has 6 nitrogen and oxygen atoms in total. The van der Waals surface area contributed by atoms with E-state index >= 15 is 0 Å². The fraction of sp³-hybridized carbons (Fsp3) is 0.556. The highest BCUT2D eigenvalue weighted by Crippen LogP contribution is 2.25. The molecule has 0 aliphatic rings. The zero-order chi connectivity index (χ0) is 12.2. The van der Waals surface area contributed by atoms with Crippen LogP contribution in [0.1, 0.15) is 32.5 Å². The Morgan fingerprint density at radius 3 is 2.56 bits per heavy atom. The lowest BCUT2D eigenvalue weighted by molar-refractivity contribution is -0.121. The predicted molar refractivity (Wildman–Crippen MR) is 54.8 cm³/mol. The Labute approximate surface area is 92.3 Å². The molecule has 16 heavy (non-hydrogen) atoms. The summed E-state index contributed by atoms with van der Waals surface area (Å²) in [5.41, 5.74) is -0.806. The lowest BCUT2D eigenvalue weighted by atomic mass is 9.92. The second-order valence-electron chi connectivity index (χ2n) is 3.38. The first kappa shape index (κ1) is 12.3. The Hall–Kier alpha value is -1.79. The van der Waals surface area contributed by atoms with E-state index in [-0.39, 0.29) is 0 Å². The van der Waals surface area contributed by atoms with Crippen LogP contribution in [0.25, 0.3) is 0 Å². The van der Waals surface area contributed by atoms with Crippen molar-refractivity contribution in [3.05, 3.63) is 18.2 Å². The molecule has 0 fully saturated rings. The second kappa shape index (κ2) is 4.82. The normalized spacial score (nSPS) is 11.2. The monoisotopic (exact) mass is 227 g/mol. The number of nitrogens with one attached hydrogen (secondary N) is 2. The molecule has 0 aromatic carbocycles. The van der Waals surface area contributed by atoms with Gasteiger partial charge in [-0.3, -0.25) is 4.79 Å². The summed E-state index contributed by atoms with van der Waals surface area (Å²) < 4.78 is 12.7. The van der Waals surface area contributed by atoms with E-state index in [0.717, 1.165) is 0 Å². The van der Waals surface area contributed by atoms with Crippen LogP contribution in [0.5, 0.6) is 0 Å². The van der Waals surface area contributed by atoms with Gasteiger partial charge >= 0.3 is 0 Å². The number of hydrogen-bond donors (Lipinski definition) is 2. The maximum absolute atomic E-state index is 12.7. The summed E-state index contributed by atoms with van der Waals surface area (Å²) in [5.74, 6) is -1.55. The number of carbonyl (C=O) groups is 1. The SMILES string of the molecule is C=C(F)C(=O)NC(CC)(CC)c1nn[nH]n1. The number of rotatable bonds is 5. The third-order valence-electron chi connectivity index (χ3n) is 2.58. The molecule has 2 N–H and O–H groups in total. The van der Waals surface area contributed by atoms with Crippen molar-refractivity contribution < 1.29 is 9.18 Å². The van der Waals surface area contributed by atoms with Gasteiger partial charge in [0.25, 0.3) is 5.91 Å². The molecule has 88 valence electrons. The van der Waals surface area contributed by atoms with Crippen molar-refractivity contribution in [2.45, 2.75) is 32.2 Å². The summed E-state index contributed by atoms with van der Waals surface area (Å²) in [6.45, 7) is 6.64. The first-order valence-electron chi connectivity index (χ1n) is 4.96. The quantitative estimate of drug-likeness (QED) is 0.729. The molecule has 0 saturated heterocycles. The first-order valence-corrected chi connectivity index (χ1v) is 4.96. The van der Waals surface area contributed by atoms with Crippen LogP contribution in [0.4, 0.5) is 4.39 Å². The zero-order valence-electron chi connectivity index (χ0n) is 9.25. The Kier molecular flexibility index (Phi) is 3.70. The van der Waals surface area contributed by atoms with Crippen molar-refractivity contribution >= 4 is 5.91 Å². The topological polar surface area (TPSA) is 83.6 Å². The molecular weight excluding hydrogens is 213 g/mol. The molecule has 7 heteroatoms. The van der Waals surface area contributed by atoms with Crippen molar-refractivity contribution in [2.24, 2.45) is 0 Å². The van der Waals surface area contributed by atoms with Crippen LogP contribution in [0.2, 0.25) is 0 Å². The molecular formula is C9H14FN5O. The lowest BCUT2D eigenvalue weighted by Gasteiger charge is -2.28. The third-order valence-corrected chi connectivity index (χ3v) is 2.58. The van der Waals surface area contributed by atoms with Crippen LogP contribution in [0.3, 0.4) is 0 Å². The van der Waals surface area contributed by atoms with E-state index in [0.29, 0.717) is 18.7 Å². The summed E-state index contributed by atoms with van der Waals surface area (Å²) in [6.07, 6.45) is 1.06. The smallest absolute Gasteiger partial charge is 0.280 e. The van der Waals surface area contributed by atoms with Crippen molar-refractivity contribution in [1.29, 1.82) is 0 Å². The molecule has 0 atom stereocenters. The Bertz CT molecular complexity index is 371. The number of carbonyl (C=O) groups excluding carboxylic acids is 1. The van der Waals surface area contributed by atoms with E-state index in [9.17, 15) is 9.18 Å². The molecule has 1 heterocycles. The van der Waals surface area contributed by atoms with Gasteiger partial charge < -0.3 is 5.32 Å². The van der Waals surface area contributed by atoms with Gasteiger partial charge in [0, 0.05) is 0 Å². The summed E-state index contributed by atoms with van der Waals surface area (Å²) >= 11 is 0. The van der Waals surface area contributed by atoms with Gasteiger partial charge in [0.1, 0.15) is 5.54 Å². The highest BCUT2D eigenvalue weighted by atomic mass is 19.1.